The Morgan fingerprint density at radius 3 is 2.53 bits per heavy atom. The predicted molar refractivity (Wildman–Crippen MR) is 66.1 cm³/mol. The van der Waals surface area contributed by atoms with E-state index in [9.17, 15) is 8.42 Å². The van der Waals surface area contributed by atoms with Gasteiger partial charge in [0.15, 0.2) is 0 Å². The van der Waals surface area contributed by atoms with Crippen LogP contribution in [0.2, 0.25) is 0 Å². The molecule has 2 atom stereocenters. The van der Waals surface area contributed by atoms with Crippen LogP contribution in [0.15, 0.2) is 30.3 Å². The summed E-state index contributed by atoms with van der Waals surface area (Å²) in [6, 6.07) is 9.40. The lowest BCUT2D eigenvalue weighted by molar-refractivity contribution is -0.0229. The minimum absolute atomic E-state index is 0.0512. The van der Waals surface area contributed by atoms with Crippen LogP contribution in [0.3, 0.4) is 0 Å². The van der Waals surface area contributed by atoms with Crippen molar-refractivity contribution in [2.75, 3.05) is 19.4 Å². The van der Waals surface area contributed by atoms with Gasteiger partial charge in [-0.05, 0) is 12.5 Å². The highest BCUT2D eigenvalue weighted by atomic mass is 32.2. The molecule has 1 aliphatic heterocycles. The molecule has 5 heteroatoms. The Kier molecular flexibility index (Phi) is 3.51. The normalized spacial score (nSPS) is 26.9. The van der Waals surface area contributed by atoms with E-state index in [1.54, 1.807) is 0 Å². The molecule has 1 aromatic rings. The van der Waals surface area contributed by atoms with Crippen molar-refractivity contribution in [3.05, 3.63) is 35.9 Å². The van der Waals surface area contributed by atoms with E-state index in [4.69, 9.17) is 4.74 Å². The maximum absolute atomic E-state index is 11.8. The summed E-state index contributed by atoms with van der Waals surface area (Å²) >= 11 is 0. The molecule has 0 aliphatic carbocycles. The van der Waals surface area contributed by atoms with E-state index < -0.39 is 10.0 Å². The first-order valence-electron chi connectivity index (χ1n) is 5.62. The van der Waals surface area contributed by atoms with Gasteiger partial charge in [-0.1, -0.05) is 30.3 Å². The molecule has 1 aromatic carbocycles. The molecule has 17 heavy (non-hydrogen) atoms. The van der Waals surface area contributed by atoms with Gasteiger partial charge in [0.05, 0.1) is 25.0 Å². The number of hydrogen-bond donors (Lipinski definition) is 0. The lowest BCUT2D eigenvalue weighted by Crippen LogP contribution is -2.46. The quantitative estimate of drug-likeness (QED) is 0.802. The van der Waals surface area contributed by atoms with E-state index in [0.29, 0.717) is 13.2 Å². The van der Waals surface area contributed by atoms with Gasteiger partial charge in [0.2, 0.25) is 10.0 Å². The van der Waals surface area contributed by atoms with Crippen LogP contribution in [0.5, 0.6) is 0 Å². The van der Waals surface area contributed by atoms with E-state index >= 15 is 0 Å². The third kappa shape index (κ3) is 2.86. The molecular formula is C12H17NO3S. The summed E-state index contributed by atoms with van der Waals surface area (Å²) < 4.78 is 30.7. The number of hydrogen-bond acceptors (Lipinski definition) is 3. The summed E-state index contributed by atoms with van der Waals surface area (Å²) in [6.45, 7) is 2.72. The van der Waals surface area contributed by atoms with Crippen LogP contribution in [-0.4, -0.2) is 38.2 Å². The molecule has 0 bridgehead atoms. The van der Waals surface area contributed by atoms with Gasteiger partial charge in [0.25, 0.3) is 0 Å². The SMILES string of the molecule is CC1CN(S(C)(=O)=O)C(c2ccccc2)CO1. The third-order valence-corrected chi connectivity index (χ3v) is 4.19. The van der Waals surface area contributed by atoms with Crippen LogP contribution in [-0.2, 0) is 14.8 Å². The fourth-order valence-electron chi connectivity index (χ4n) is 2.08. The Balaban J connectivity index is 2.32. The van der Waals surface area contributed by atoms with Crippen molar-refractivity contribution in [1.29, 1.82) is 0 Å². The Morgan fingerprint density at radius 1 is 1.29 bits per heavy atom. The molecule has 0 aromatic heterocycles. The first-order valence-corrected chi connectivity index (χ1v) is 7.46. The average molecular weight is 255 g/mol. The standard InChI is InChI=1S/C12H17NO3S/c1-10-8-13(17(2,14)15)12(9-16-10)11-6-4-3-5-7-11/h3-7,10,12H,8-9H2,1-2H3. The monoisotopic (exact) mass is 255 g/mol. The molecule has 4 nitrogen and oxygen atoms in total. The van der Waals surface area contributed by atoms with Gasteiger partial charge >= 0.3 is 0 Å². The minimum atomic E-state index is -3.20. The average Bonchev–Trinajstić information content (AvgIpc) is 2.29. The number of benzene rings is 1. The third-order valence-electron chi connectivity index (χ3n) is 2.93. The fraction of sp³-hybridized carbons (Fsp3) is 0.500. The summed E-state index contributed by atoms with van der Waals surface area (Å²) in [5.74, 6) is 0. The second-order valence-electron chi connectivity index (χ2n) is 4.40. The highest BCUT2D eigenvalue weighted by molar-refractivity contribution is 7.88. The molecule has 1 heterocycles. The van der Waals surface area contributed by atoms with Gasteiger partial charge in [0.1, 0.15) is 0 Å². The topological polar surface area (TPSA) is 46.6 Å². The zero-order valence-electron chi connectivity index (χ0n) is 10.0. The first kappa shape index (κ1) is 12.5. The minimum Gasteiger partial charge on any atom is -0.375 e. The highest BCUT2D eigenvalue weighted by Crippen LogP contribution is 2.28. The number of morpholine rings is 1. The van der Waals surface area contributed by atoms with Gasteiger partial charge in [-0.3, -0.25) is 0 Å². The smallest absolute Gasteiger partial charge is 0.211 e. The van der Waals surface area contributed by atoms with Crippen molar-refractivity contribution in [3.8, 4) is 0 Å². The highest BCUT2D eigenvalue weighted by Gasteiger charge is 2.33. The predicted octanol–water partition coefficient (Wildman–Crippen LogP) is 1.41. The van der Waals surface area contributed by atoms with Crippen LogP contribution in [0, 0.1) is 0 Å². The lowest BCUT2D eigenvalue weighted by atomic mass is 10.1. The van der Waals surface area contributed by atoms with E-state index in [1.807, 2.05) is 37.3 Å². The second kappa shape index (κ2) is 4.76. The zero-order chi connectivity index (χ0) is 12.5. The number of ether oxygens (including phenoxy) is 1. The molecule has 2 rings (SSSR count). The Morgan fingerprint density at radius 2 is 1.94 bits per heavy atom. The summed E-state index contributed by atoms with van der Waals surface area (Å²) in [6.07, 6.45) is 1.20. The van der Waals surface area contributed by atoms with E-state index in [2.05, 4.69) is 0 Å². The van der Waals surface area contributed by atoms with E-state index in [0.717, 1.165) is 5.56 Å². The molecular weight excluding hydrogens is 238 g/mol. The van der Waals surface area contributed by atoms with Crippen LogP contribution >= 0.6 is 0 Å². The maximum Gasteiger partial charge on any atom is 0.211 e. The zero-order valence-corrected chi connectivity index (χ0v) is 10.9. The van der Waals surface area contributed by atoms with Crippen LogP contribution < -0.4 is 0 Å². The van der Waals surface area contributed by atoms with Crippen LogP contribution in [0.4, 0.5) is 0 Å². The molecule has 2 unspecified atom stereocenters. The fourth-order valence-corrected chi connectivity index (χ4v) is 3.20. The molecule has 94 valence electrons. The Hall–Kier alpha value is -0.910. The molecule has 0 spiro atoms. The van der Waals surface area contributed by atoms with Crippen molar-refractivity contribution >= 4 is 10.0 Å². The van der Waals surface area contributed by atoms with Crippen molar-refractivity contribution in [1.82, 2.24) is 4.31 Å². The number of nitrogens with zero attached hydrogens (tertiary/aromatic N) is 1. The largest absolute Gasteiger partial charge is 0.375 e. The van der Waals surface area contributed by atoms with Crippen molar-refractivity contribution in [2.24, 2.45) is 0 Å². The Bertz CT molecular complexity index is 472. The van der Waals surface area contributed by atoms with E-state index in [-0.39, 0.29) is 12.1 Å². The molecule has 1 saturated heterocycles. The summed E-state index contributed by atoms with van der Waals surface area (Å²) in [5.41, 5.74) is 0.977. The molecule has 1 aliphatic rings. The maximum atomic E-state index is 11.8. The molecule has 0 saturated carbocycles. The summed E-state index contributed by atoms with van der Waals surface area (Å²) in [5, 5.41) is 0. The first-order chi connectivity index (χ1) is 7.98. The van der Waals surface area contributed by atoms with Gasteiger partial charge in [-0.15, -0.1) is 0 Å². The van der Waals surface area contributed by atoms with Crippen molar-refractivity contribution in [2.45, 2.75) is 19.1 Å². The second-order valence-corrected chi connectivity index (χ2v) is 6.34. The number of sulfonamides is 1. The van der Waals surface area contributed by atoms with Crippen molar-refractivity contribution in [3.63, 3.8) is 0 Å². The van der Waals surface area contributed by atoms with Gasteiger partial charge < -0.3 is 4.74 Å². The summed E-state index contributed by atoms with van der Waals surface area (Å²) in [4.78, 5) is 0. The number of rotatable bonds is 2. The Labute approximate surface area is 102 Å². The molecule has 0 N–H and O–H groups in total. The van der Waals surface area contributed by atoms with Crippen LogP contribution in [0.1, 0.15) is 18.5 Å². The molecule has 0 radical (unpaired) electrons. The summed E-state index contributed by atoms with van der Waals surface area (Å²) in [7, 11) is -3.20. The van der Waals surface area contributed by atoms with Gasteiger partial charge in [-0.25, -0.2) is 8.42 Å². The van der Waals surface area contributed by atoms with Gasteiger partial charge in [-0.2, -0.15) is 4.31 Å². The van der Waals surface area contributed by atoms with Gasteiger partial charge in [0, 0.05) is 6.54 Å². The molecule has 1 fully saturated rings. The van der Waals surface area contributed by atoms with Crippen molar-refractivity contribution < 1.29 is 13.2 Å². The molecule has 0 amide bonds. The van der Waals surface area contributed by atoms with E-state index in [1.165, 1.54) is 10.6 Å². The van der Waals surface area contributed by atoms with Crippen LogP contribution in [0.25, 0.3) is 0 Å². The lowest BCUT2D eigenvalue weighted by Gasteiger charge is -2.37.